The van der Waals surface area contributed by atoms with Crippen LogP contribution in [-0.2, 0) is 0 Å². The van der Waals surface area contributed by atoms with Crippen LogP contribution in [0.2, 0.25) is 0 Å². The highest BCUT2D eigenvalue weighted by Gasteiger charge is 2.12. The Kier molecular flexibility index (Phi) is 3.81. The Bertz CT molecular complexity index is 642. The van der Waals surface area contributed by atoms with Crippen LogP contribution in [0.3, 0.4) is 0 Å². The van der Waals surface area contributed by atoms with Crippen LogP contribution >= 0.6 is 0 Å². The standard InChI is InChI=1S/C16H19N3O/c20-16(18-10-8-12-5-2-1-3-6-12)14-11-19-15-13(14)7-4-9-17-15/h4-5,7,9,11H,1-3,6,8,10H2,(H,17,19)(H,18,20). The van der Waals surface area contributed by atoms with E-state index >= 15 is 0 Å². The molecule has 4 heteroatoms. The Morgan fingerprint density at radius 2 is 2.35 bits per heavy atom. The van der Waals surface area contributed by atoms with Crippen LogP contribution in [0.1, 0.15) is 42.5 Å². The third-order valence-electron chi connectivity index (χ3n) is 3.81. The van der Waals surface area contributed by atoms with Gasteiger partial charge in [-0.2, -0.15) is 0 Å². The van der Waals surface area contributed by atoms with E-state index in [1.165, 1.54) is 31.3 Å². The summed E-state index contributed by atoms with van der Waals surface area (Å²) >= 11 is 0. The number of carbonyl (C=O) groups is 1. The molecule has 0 saturated carbocycles. The first-order valence-electron chi connectivity index (χ1n) is 7.23. The molecule has 0 aliphatic heterocycles. The van der Waals surface area contributed by atoms with Gasteiger partial charge in [0.15, 0.2) is 0 Å². The number of nitrogens with zero attached hydrogens (tertiary/aromatic N) is 1. The lowest BCUT2D eigenvalue weighted by Gasteiger charge is -2.12. The zero-order chi connectivity index (χ0) is 13.8. The van der Waals surface area contributed by atoms with Gasteiger partial charge in [0.05, 0.1) is 5.56 Å². The first kappa shape index (κ1) is 12.9. The van der Waals surface area contributed by atoms with Gasteiger partial charge in [-0.3, -0.25) is 4.79 Å². The third kappa shape index (κ3) is 2.74. The van der Waals surface area contributed by atoms with E-state index in [9.17, 15) is 4.79 Å². The molecule has 0 radical (unpaired) electrons. The molecule has 0 bridgehead atoms. The van der Waals surface area contributed by atoms with Crippen LogP contribution in [-0.4, -0.2) is 22.4 Å². The van der Waals surface area contributed by atoms with E-state index in [1.807, 2.05) is 12.1 Å². The zero-order valence-electron chi connectivity index (χ0n) is 11.5. The topological polar surface area (TPSA) is 57.8 Å². The Hall–Kier alpha value is -2.10. The molecule has 2 heterocycles. The Balaban J connectivity index is 1.60. The van der Waals surface area contributed by atoms with Gasteiger partial charge in [0.2, 0.25) is 0 Å². The lowest BCUT2D eigenvalue weighted by molar-refractivity contribution is 0.0955. The van der Waals surface area contributed by atoms with Gasteiger partial charge in [0.25, 0.3) is 5.91 Å². The summed E-state index contributed by atoms with van der Waals surface area (Å²) in [5, 5.41) is 3.87. The molecule has 104 valence electrons. The van der Waals surface area contributed by atoms with E-state index in [4.69, 9.17) is 0 Å². The predicted molar refractivity (Wildman–Crippen MR) is 79.6 cm³/mol. The second-order valence-corrected chi connectivity index (χ2v) is 5.22. The molecule has 0 unspecified atom stereocenters. The zero-order valence-corrected chi connectivity index (χ0v) is 11.5. The largest absolute Gasteiger partial charge is 0.352 e. The van der Waals surface area contributed by atoms with E-state index in [2.05, 4.69) is 21.4 Å². The summed E-state index contributed by atoms with van der Waals surface area (Å²) in [7, 11) is 0. The van der Waals surface area contributed by atoms with E-state index in [1.54, 1.807) is 12.4 Å². The normalized spacial score (nSPS) is 15.1. The van der Waals surface area contributed by atoms with Gasteiger partial charge < -0.3 is 10.3 Å². The van der Waals surface area contributed by atoms with Crippen LogP contribution in [0.25, 0.3) is 11.0 Å². The highest BCUT2D eigenvalue weighted by Crippen LogP contribution is 2.19. The maximum absolute atomic E-state index is 12.2. The minimum Gasteiger partial charge on any atom is -0.352 e. The number of aromatic amines is 1. The van der Waals surface area contributed by atoms with Crippen LogP contribution in [0, 0.1) is 0 Å². The number of rotatable bonds is 4. The Morgan fingerprint density at radius 1 is 1.40 bits per heavy atom. The summed E-state index contributed by atoms with van der Waals surface area (Å²) in [5.74, 6) is -0.0272. The number of amides is 1. The molecule has 0 atom stereocenters. The summed E-state index contributed by atoms with van der Waals surface area (Å²) in [6.07, 6.45) is 11.7. The number of nitrogens with one attached hydrogen (secondary N) is 2. The molecule has 0 fully saturated rings. The molecule has 2 aromatic heterocycles. The number of hydrogen-bond donors (Lipinski definition) is 2. The highest BCUT2D eigenvalue weighted by atomic mass is 16.1. The second kappa shape index (κ2) is 5.90. The molecule has 2 N–H and O–H groups in total. The van der Waals surface area contributed by atoms with Gasteiger partial charge in [-0.15, -0.1) is 0 Å². The molecular weight excluding hydrogens is 250 g/mol. The fraction of sp³-hybridized carbons (Fsp3) is 0.375. The predicted octanol–water partition coefficient (Wildman–Crippen LogP) is 3.18. The molecular formula is C16H19N3O. The van der Waals surface area contributed by atoms with Crippen molar-refractivity contribution in [3.63, 3.8) is 0 Å². The molecule has 2 aromatic rings. The van der Waals surface area contributed by atoms with Gasteiger partial charge in [-0.1, -0.05) is 11.6 Å². The van der Waals surface area contributed by atoms with Crippen molar-refractivity contribution in [2.24, 2.45) is 0 Å². The van der Waals surface area contributed by atoms with Crippen molar-refractivity contribution in [2.45, 2.75) is 32.1 Å². The van der Waals surface area contributed by atoms with Crippen molar-refractivity contribution in [3.05, 3.63) is 41.7 Å². The fourth-order valence-electron chi connectivity index (χ4n) is 2.71. The lowest BCUT2D eigenvalue weighted by atomic mass is 9.97. The molecule has 1 aliphatic carbocycles. The quantitative estimate of drug-likeness (QED) is 0.837. The van der Waals surface area contributed by atoms with Crippen LogP contribution in [0.15, 0.2) is 36.2 Å². The van der Waals surface area contributed by atoms with Gasteiger partial charge in [-0.25, -0.2) is 4.98 Å². The number of pyridine rings is 1. The second-order valence-electron chi connectivity index (χ2n) is 5.22. The Morgan fingerprint density at radius 3 is 3.20 bits per heavy atom. The van der Waals surface area contributed by atoms with Crippen molar-refractivity contribution >= 4 is 16.9 Å². The molecule has 3 rings (SSSR count). The van der Waals surface area contributed by atoms with Gasteiger partial charge in [0, 0.05) is 24.3 Å². The third-order valence-corrected chi connectivity index (χ3v) is 3.81. The minimum absolute atomic E-state index is 0.0272. The molecule has 4 nitrogen and oxygen atoms in total. The van der Waals surface area contributed by atoms with Crippen molar-refractivity contribution in [1.82, 2.24) is 15.3 Å². The van der Waals surface area contributed by atoms with Crippen LogP contribution in [0.5, 0.6) is 0 Å². The first-order chi connectivity index (χ1) is 9.84. The van der Waals surface area contributed by atoms with Crippen molar-refractivity contribution in [1.29, 1.82) is 0 Å². The maximum Gasteiger partial charge on any atom is 0.253 e. The van der Waals surface area contributed by atoms with Crippen molar-refractivity contribution < 1.29 is 4.79 Å². The summed E-state index contributed by atoms with van der Waals surface area (Å²) < 4.78 is 0. The van der Waals surface area contributed by atoms with E-state index in [-0.39, 0.29) is 5.91 Å². The number of hydrogen-bond acceptors (Lipinski definition) is 2. The molecule has 0 spiro atoms. The Labute approximate surface area is 118 Å². The van der Waals surface area contributed by atoms with E-state index in [0.717, 1.165) is 17.5 Å². The van der Waals surface area contributed by atoms with Crippen molar-refractivity contribution in [2.75, 3.05) is 6.54 Å². The monoisotopic (exact) mass is 269 g/mol. The van der Waals surface area contributed by atoms with Crippen LogP contribution < -0.4 is 5.32 Å². The number of aromatic nitrogens is 2. The molecule has 0 saturated heterocycles. The number of fused-ring (bicyclic) bond motifs is 1. The highest BCUT2D eigenvalue weighted by molar-refractivity contribution is 6.05. The van der Waals surface area contributed by atoms with Crippen molar-refractivity contribution in [3.8, 4) is 0 Å². The van der Waals surface area contributed by atoms with Gasteiger partial charge in [-0.05, 0) is 44.2 Å². The maximum atomic E-state index is 12.2. The number of H-pyrrole nitrogens is 1. The number of allylic oxidation sites excluding steroid dienone is 1. The van der Waals surface area contributed by atoms with Crippen LogP contribution in [0.4, 0.5) is 0 Å². The average molecular weight is 269 g/mol. The minimum atomic E-state index is -0.0272. The summed E-state index contributed by atoms with van der Waals surface area (Å²) in [4.78, 5) is 19.4. The van der Waals surface area contributed by atoms with Gasteiger partial charge >= 0.3 is 0 Å². The molecule has 0 aromatic carbocycles. The lowest BCUT2D eigenvalue weighted by Crippen LogP contribution is -2.24. The summed E-state index contributed by atoms with van der Waals surface area (Å²) in [5.41, 5.74) is 2.91. The smallest absolute Gasteiger partial charge is 0.253 e. The molecule has 20 heavy (non-hydrogen) atoms. The fourth-order valence-corrected chi connectivity index (χ4v) is 2.71. The average Bonchev–Trinajstić information content (AvgIpc) is 2.92. The van der Waals surface area contributed by atoms with E-state index in [0.29, 0.717) is 12.1 Å². The SMILES string of the molecule is O=C(NCCC1=CCCCC1)c1c[nH]c2ncccc12. The molecule has 1 amide bonds. The molecule has 1 aliphatic rings. The number of carbonyl (C=O) groups excluding carboxylic acids is 1. The van der Waals surface area contributed by atoms with E-state index < -0.39 is 0 Å². The first-order valence-corrected chi connectivity index (χ1v) is 7.23. The van der Waals surface area contributed by atoms with Gasteiger partial charge in [0.1, 0.15) is 5.65 Å². The summed E-state index contributed by atoms with van der Waals surface area (Å²) in [6, 6.07) is 3.76. The summed E-state index contributed by atoms with van der Waals surface area (Å²) in [6.45, 7) is 0.706.